The molecule has 0 saturated carbocycles. The zero-order valence-electron chi connectivity index (χ0n) is 83.6. The number of aromatic hydroxyl groups is 4. The lowest BCUT2D eigenvalue weighted by atomic mass is 9.72. The number of hydrogen-bond donors (Lipinski definition) is 28. The number of aromatic nitrogens is 2. The predicted octanol–water partition coefficient (Wildman–Crippen LogP) is -2.71. The van der Waals surface area contributed by atoms with Gasteiger partial charge in [0.25, 0.3) is 5.91 Å². The predicted molar refractivity (Wildman–Crippen MR) is 533 cm³/mol. The van der Waals surface area contributed by atoms with E-state index in [9.17, 15) is 74.1 Å². The van der Waals surface area contributed by atoms with Gasteiger partial charge in [0, 0.05) is 92.7 Å². The number of ether oxygens (including phenoxy) is 3. The largest absolute Gasteiger partial charge is 0.508 e. The molecule has 5 aromatic carbocycles. The van der Waals surface area contributed by atoms with E-state index < -0.39 is 264 Å². The van der Waals surface area contributed by atoms with Crippen molar-refractivity contribution in [1.82, 2.24) is 79.1 Å². The first kappa shape index (κ1) is 116. The number of carbonyl (C=O) groups excluding carboxylic acids is 15. The molecule has 2 heterocycles. The van der Waals surface area contributed by atoms with Crippen LogP contribution in [0.15, 0.2) is 115 Å². The maximum Gasteiger partial charge on any atom is 0.261 e. The fraction of sp³-hybridized carbons (Fsp3) is 0.485. The van der Waals surface area contributed by atoms with Crippen LogP contribution in [0.5, 0.6) is 28.7 Å². The summed E-state index contributed by atoms with van der Waals surface area (Å²) < 4.78 is 17.8. The van der Waals surface area contributed by atoms with Crippen LogP contribution in [-0.2, 0) is 109 Å². The summed E-state index contributed by atoms with van der Waals surface area (Å²) in [6.45, 7) is 13.0. The molecule has 13 amide bonds. The number of aliphatic hydroxyl groups is 3. The van der Waals surface area contributed by atoms with E-state index in [1.165, 1.54) is 100 Å². The number of amides is 13. The van der Waals surface area contributed by atoms with Gasteiger partial charge in [0.1, 0.15) is 101 Å². The molecule has 0 bridgehead atoms. The molecule has 33 N–H and O–H groups in total. The van der Waals surface area contributed by atoms with E-state index in [0.717, 1.165) is 6.92 Å². The number of aromatic amines is 1. The highest BCUT2D eigenvalue weighted by Gasteiger charge is 2.51. The molecule has 1 saturated heterocycles. The Morgan fingerprint density at radius 2 is 1.01 bits per heavy atom. The molecule has 6 aromatic rings. The first-order valence-electron chi connectivity index (χ1n) is 48.3. The minimum Gasteiger partial charge on any atom is -0.508 e. The summed E-state index contributed by atoms with van der Waals surface area (Å²) in [6.07, 6.45) is -7.75. The van der Waals surface area contributed by atoms with Gasteiger partial charge < -0.3 is 158 Å². The molecule has 1 aliphatic heterocycles. The number of hydrogen-bond acceptors (Lipinski definition) is 31. The standard InChI is InChI=1S/C99H135N23O26/c1-46(2)33-63(111-73(127)44-146-122-51(9)99(144)41-59-76(71(42-99)148-74-39-60(100)81(128)50(8)147-74)85(132)78-77(83(59)130)82(129)58-19-14-22-70(145-10)75(58)84(78)131)89(136)113-61(20-15-31-108-97(103)104)87(134)112-62(21-16-32-109-98(105)106)88(135)115-67(37-54-25-29-57(125)30-26-54)94(141)120-79(48(5)6)96(143)119-68(38-55-43-107-45-110-55)93(140)114-64(34-47(3)4)90(137)116-65(35-52-17-12-11-13-18-52)91(138)117-66(36-53-23-27-56(124)28-24-53)92(139)118-69(40-72(101)126)95(142)121-80(49(7)123)86(102)133/h11-14,17-19,22-30,43,45-50,60-69,71,74,79-81,123-125,128,130,132,144H,15-16,20-21,31-42,44,100H2,1-10H3,(H2,101,126)(H2,102,133)(H,107,110)(H,111,127)(H,112,134)(H,113,136)(H,114,140)(H,115,135)(H,116,137)(H,117,138)(H,118,139)(H,119,143)(H,120,141)(H,121,142)(H4,103,104,108)(H4,105,106,109)/b122-51+/t49-,50+,60+,61+,62+,63+,64+,65+,66+,67+,68+,69+,71+,74+,79+,80+,81-,99+/m1/s1. The smallest absolute Gasteiger partial charge is 0.261 e. The third-order valence-corrected chi connectivity index (χ3v) is 25.1. The van der Waals surface area contributed by atoms with Gasteiger partial charge in [-0.1, -0.05) is 113 Å². The van der Waals surface area contributed by atoms with E-state index in [2.05, 4.69) is 84.2 Å². The number of imidazole rings is 1. The Kier molecular flexibility index (Phi) is 42.0. The Morgan fingerprint density at radius 1 is 0.554 bits per heavy atom. The zero-order valence-corrected chi connectivity index (χ0v) is 83.6. The second-order valence-electron chi connectivity index (χ2n) is 38.1. The lowest BCUT2D eigenvalue weighted by molar-refractivity contribution is -0.245. The fourth-order valence-electron chi connectivity index (χ4n) is 17.3. The quantitative estimate of drug-likeness (QED) is 0.00606. The molecule has 9 rings (SSSR count). The van der Waals surface area contributed by atoms with Crippen LogP contribution in [0.3, 0.4) is 0 Å². The van der Waals surface area contributed by atoms with Crippen LogP contribution in [0.1, 0.15) is 192 Å². The lowest BCUT2D eigenvalue weighted by Crippen LogP contribution is -2.62. The first-order chi connectivity index (χ1) is 69.9. The number of nitrogens with one attached hydrogen (secondary N) is 16. The van der Waals surface area contributed by atoms with Gasteiger partial charge in [0.15, 0.2) is 30.6 Å². The summed E-state index contributed by atoms with van der Waals surface area (Å²) in [5, 5.41) is 132. The number of phenols is 4. The molecule has 49 nitrogen and oxygen atoms in total. The van der Waals surface area contributed by atoms with Crippen molar-refractivity contribution in [2.45, 2.75) is 261 Å². The number of aliphatic hydroxyl groups excluding tert-OH is 2. The molecule has 1 aromatic heterocycles. The Hall–Kier alpha value is -15.5. The number of phenolic OH excluding ortho intramolecular Hbond substituents is 4. The van der Waals surface area contributed by atoms with Gasteiger partial charge in [0.2, 0.25) is 76.7 Å². The molecule has 49 heteroatoms. The molecular formula is C99H135N23O26. The third kappa shape index (κ3) is 32.5. The van der Waals surface area contributed by atoms with E-state index in [-0.39, 0.29) is 146 Å². The maximum atomic E-state index is 15.3. The van der Waals surface area contributed by atoms with Gasteiger partial charge in [-0.2, -0.15) is 0 Å². The van der Waals surface area contributed by atoms with Gasteiger partial charge in [-0.15, -0.1) is 0 Å². The monoisotopic (exact) mass is 2060 g/mol. The summed E-state index contributed by atoms with van der Waals surface area (Å²) in [5.74, 6) is -19.5. The number of ketones is 2. The van der Waals surface area contributed by atoms with Gasteiger partial charge >= 0.3 is 0 Å². The highest BCUT2D eigenvalue weighted by Crippen LogP contribution is 2.53. The summed E-state index contributed by atoms with van der Waals surface area (Å²) in [7, 11) is 1.28. The minimum absolute atomic E-state index is 0.00507. The number of guanidine groups is 2. The Morgan fingerprint density at radius 3 is 1.48 bits per heavy atom. The van der Waals surface area contributed by atoms with Crippen LogP contribution in [0, 0.1) is 28.6 Å². The molecular weight excluding hydrogens is 1930 g/mol. The van der Waals surface area contributed by atoms with Crippen molar-refractivity contribution in [2.24, 2.45) is 51.6 Å². The van der Waals surface area contributed by atoms with Crippen LogP contribution < -0.4 is 103 Å². The Balaban J connectivity index is 0.935. The molecule has 0 spiro atoms. The Bertz CT molecular complexity index is 5780. The molecule has 18 atom stereocenters. The molecule has 2 aliphatic carbocycles. The number of nitrogens with zero attached hydrogens (tertiary/aromatic N) is 2. The molecule has 1 fully saturated rings. The number of oxime groups is 1. The second kappa shape index (κ2) is 53.6. The topological polar surface area (TPSA) is 810 Å². The van der Waals surface area contributed by atoms with Crippen molar-refractivity contribution in [2.75, 3.05) is 26.8 Å². The van der Waals surface area contributed by atoms with Crippen molar-refractivity contribution in [3.05, 3.63) is 165 Å². The number of rotatable bonds is 53. The first-order valence-corrected chi connectivity index (χ1v) is 48.3. The average Bonchev–Trinajstić information content (AvgIpc) is 0.718. The molecule has 0 radical (unpaired) electrons. The number of fused-ring (bicyclic) bond motifs is 3. The number of primary amides is 2. The minimum atomic E-state index is -2.22. The number of methoxy groups -OCH3 is 1. The number of carbonyl (C=O) groups is 15. The number of nitrogens with two attached hydrogens (primary N) is 5. The van der Waals surface area contributed by atoms with E-state index in [4.69, 9.17) is 58.5 Å². The molecule has 3 aliphatic rings. The lowest BCUT2D eigenvalue weighted by Gasteiger charge is -2.42. The van der Waals surface area contributed by atoms with Gasteiger partial charge in [-0.3, -0.25) is 82.7 Å². The van der Waals surface area contributed by atoms with E-state index in [1.54, 1.807) is 71.9 Å². The zero-order chi connectivity index (χ0) is 109. The van der Waals surface area contributed by atoms with Gasteiger partial charge in [0.05, 0.1) is 66.7 Å². The van der Waals surface area contributed by atoms with Crippen LogP contribution in [-0.4, -0.2) is 281 Å². The summed E-state index contributed by atoms with van der Waals surface area (Å²) in [5.41, 5.74) is 25.5. The Labute approximate surface area is 852 Å². The maximum absolute atomic E-state index is 15.3. The summed E-state index contributed by atoms with van der Waals surface area (Å²) in [4.78, 5) is 229. The fourth-order valence-corrected chi connectivity index (χ4v) is 17.3. The van der Waals surface area contributed by atoms with Crippen LogP contribution in [0.2, 0.25) is 0 Å². The van der Waals surface area contributed by atoms with Crippen molar-refractivity contribution >= 4 is 106 Å². The second-order valence-corrected chi connectivity index (χ2v) is 38.1. The summed E-state index contributed by atoms with van der Waals surface area (Å²) in [6, 6.07) is 4.72. The summed E-state index contributed by atoms with van der Waals surface area (Å²) >= 11 is 0. The van der Waals surface area contributed by atoms with Crippen molar-refractivity contribution in [3.8, 4) is 28.7 Å². The van der Waals surface area contributed by atoms with Crippen LogP contribution in [0.4, 0.5) is 0 Å². The molecule has 148 heavy (non-hydrogen) atoms. The van der Waals surface area contributed by atoms with E-state index in [0.29, 0.717) is 16.7 Å². The molecule has 0 unspecified atom stereocenters. The number of H-pyrrole nitrogens is 1. The normalized spacial score (nSPS) is 18.7. The van der Waals surface area contributed by atoms with Crippen molar-refractivity contribution in [1.29, 1.82) is 10.8 Å². The van der Waals surface area contributed by atoms with Crippen molar-refractivity contribution < 1.29 is 127 Å². The van der Waals surface area contributed by atoms with Gasteiger partial charge in [-0.05, 0) is 124 Å². The van der Waals surface area contributed by atoms with E-state index in [1.807, 2.05) is 0 Å². The van der Waals surface area contributed by atoms with Crippen LogP contribution >= 0.6 is 0 Å². The van der Waals surface area contributed by atoms with Gasteiger partial charge in [-0.25, -0.2) is 4.98 Å². The van der Waals surface area contributed by atoms with Crippen molar-refractivity contribution in [3.63, 3.8) is 0 Å². The SMILES string of the molecule is COc1cccc2c1C(=O)c1c(O)c3c(c(O)c1C2=O)C[C@@](O)(/C(C)=N/OCC(=O)N[C@@H](CC(C)C)C(=O)N[C@@H](CCCNC(=N)N)C(=O)N[C@@H](CCCNC(=N)N)C(=O)N[C@@H](Cc1ccc(O)cc1)C(=O)N[C@H](C(=O)N[C@@H](Cc1cnc[nH]1)C(=O)N[C@@H](CC(C)C)C(=O)N[C@@H](Cc1ccccc1)C(=O)N[C@@H](Cc1ccc(O)cc1)C(=O)N[C@@H](CC(N)=O)C(=O)N[C@H](C(N)=O)[C@@H](C)O)C(C)C)C[C@@H]3O[C@H]1C[C@H](N)[C@H](O)[C@H](C)O1. The van der Waals surface area contributed by atoms with E-state index >= 15 is 33.6 Å². The average molecular weight is 2060 g/mol. The number of benzene rings is 5. The third-order valence-electron chi connectivity index (χ3n) is 25.1. The van der Waals surface area contributed by atoms with Crippen LogP contribution in [0.25, 0.3) is 0 Å². The highest BCUT2D eigenvalue weighted by atomic mass is 16.7. The molecule has 802 valence electrons. The highest BCUT2D eigenvalue weighted by molar-refractivity contribution is 6.31.